The number of rotatable bonds is 6. The highest BCUT2D eigenvalue weighted by Gasteiger charge is 2.05. The largest absolute Gasteiger partial charge is 0.496 e. The lowest BCUT2D eigenvalue weighted by Gasteiger charge is -2.09. The maximum absolute atomic E-state index is 12.0. The molecule has 0 unspecified atom stereocenters. The summed E-state index contributed by atoms with van der Waals surface area (Å²) in [5, 5.41) is 12.1. The Labute approximate surface area is 136 Å². The van der Waals surface area contributed by atoms with E-state index in [0.717, 1.165) is 5.56 Å². The molecule has 2 aromatic carbocycles. The molecule has 0 saturated heterocycles. The molecule has 0 aliphatic heterocycles. The highest BCUT2D eigenvalue weighted by Crippen LogP contribution is 2.22. The Morgan fingerprint density at radius 2 is 1.96 bits per heavy atom. The summed E-state index contributed by atoms with van der Waals surface area (Å²) < 4.78 is 5.13. The molecule has 0 bridgehead atoms. The van der Waals surface area contributed by atoms with Crippen LogP contribution in [0.3, 0.4) is 0 Å². The first-order chi connectivity index (χ1) is 11.1. The number of ether oxygens (including phenoxy) is 1. The number of benzene rings is 2. The summed E-state index contributed by atoms with van der Waals surface area (Å²) in [5.41, 5.74) is 3.55. The molecule has 0 spiro atoms. The van der Waals surface area contributed by atoms with Gasteiger partial charge in [-0.15, -0.1) is 0 Å². The minimum atomic E-state index is -0.139. The van der Waals surface area contributed by atoms with E-state index < -0.39 is 0 Å². The number of methoxy groups -OCH3 is 1. The SMILES string of the molecule is COc1ccc(NC(=O)C/C=C/c2ccc(C)cc2)cc1CO. The normalized spacial score (nSPS) is 10.7. The van der Waals surface area contributed by atoms with Gasteiger partial charge in [-0.3, -0.25) is 4.79 Å². The monoisotopic (exact) mass is 311 g/mol. The van der Waals surface area contributed by atoms with E-state index in [1.165, 1.54) is 5.56 Å². The third-order valence-corrected chi connectivity index (χ3v) is 3.43. The zero-order chi connectivity index (χ0) is 16.7. The Bertz CT molecular complexity index is 690. The maximum atomic E-state index is 12.0. The Morgan fingerprint density at radius 1 is 1.22 bits per heavy atom. The van der Waals surface area contributed by atoms with Crippen LogP contribution in [0.1, 0.15) is 23.1 Å². The molecule has 0 aromatic heterocycles. The number of aliphatic hydroxyl groups excluding tert-OH is 1. The second kappa shape index (κ2) is 8.15. The zero-order valence-corrected chi connectivity index (χ0v) is 13.4. The number of carbonyl (C=O) groups is 1. The summed E-state index contributed by atoms with van der Waals surface area (Å²) in [6, 6.07) is 13.3. The van der Waals surface area contributed by atoms with Crippen LogP contribution in [0.15, 0.2) is 48.5 Å². The summed E-state index contributed by atoms with van der Waals surface area (Å²) in [7, 11) is 1.54. The van der Waals surface area contributed by atoms with Crippen LogP contribution in [0.4, 0.5) is 5.69 Å². The second-order valence-corrected chi connectivity index (χ2v) is 5.25. The van der Waals surface area contributed by atoms with E-state index in [1.807, 2.05) is 43.3 Å². The van der Waals surface area contributed by atoms with Gasteiger partial charge in [-0.05, 0) is 30.7 Å². The first-order valence-electron chi connectivity index (χ1n) is 7.43. The summed E-state index contributed by atoms with van der Waals surface area (Å²) in [4.78, 5) is 12.0. The summed E-state index contributed by atoms with van der Waals surface area (Å²) in [6.45, 7) is 1.90. The Morgan fingerprint density at radius 3 is 2.61 bits per heavy atom. The topological polar surface area (TPSA) is 58.6 Å². The van der Waals surface area contributed by atoms with Gasteiger partial charge in [0.15, 0.2) is 0 Å². The first-order valence-corrected chi connectivity index (χ1v) is 7.43. The molecule has 2 aromatic rings. The summed E-state index contributed by atoms with van der Waals surface area (Å²) in [5.74, 6) is 0.493. The first kappa shape index (κ1) is 16.8. The highest BCUT2D eigenvalue weighted by atomic mass is 16.5. The predicted octanol–water partition coefficient (Wildman–Crippen LogP) is 3.54. The Kier molecular flexibility index (Phi) is 5.94. The summed E-state index contributed by atoms with van der Waals surface area (Å²) >= 11 is 0. The zero-order valence-electron chi connectivity index (χ0n) is 13.4. The smallest absolute Gasteiger partial charge is 0.228 e. The molecular formula is C19H21NO3. The van der Waals surface area contributed by atoms with Crippen LogP contribution in [0.25, 0.3) is 6.08 Å². The predicted molar refractivity (Wildman–Crippen MR) is 92.4 cm³/mol. The van der Waals surface area contributed by atoms with Crippen LogP contribution >= 0.6 is 0 Å². The molecule has 120 valence electrons. The van der Waals surface area contributed by atoms with Crippen LogP contribution in [-0.4, -0.2) is 18.1 Å². The van der Waals surface area contributed by atoms with Gasteiger partial charge in [0.2, 0.25) is 5.91 Å². The van der Waals surface area contributed by atoms with Crippen LogP contribution in [0, 0.1) is 6.92 Å². The van der Waals surface area contributed by atoms with Crippen molar-refractivity contribution in [2.45, 2.75) is 20.0 Å². The van der Waals surface area contributed by atoms with Crippen molar-refractivity contribution < 1.29 is 14.6 Å². The van der Waals surface area contributed by atoms with Gasteiger partial charge in [-0.1, -0.05) is 42.0 Å². The second-order valence-electron chi connectivity index (χ2n) is 5.25. The van der Waals surface area contributed by atoms with Gasteiger partial charge in [0, 0.05) is 17.7 Å². The minimum absolute atomic E-state index is 0.109. The fourth-order valence-electron chi connectivity index (χ4n) is 2.17. The molecule has 0 aliphatic rings. The molecule has 0 aliphatic carbocycles. The quantitative estimate of drug-likeness (QED) is 0.858. The molecule has 0 atom stereocenters. The van der Waals surface area contributed by atoms with E-state index in [9.17, 15) is 9.90 Å². The molecule has 0 radical (unpaired) electrons. The molecule has 0 saturated carbocycles. The Hall–Kier alpha value is -2.59. The van der Waals surface area contributed by atoms with Crippen molar-refractivity contribution in [1.82, 2.24) is 0 Å². The van der Waals surface area contributed by atoms with Crippen molar-refractivity contribution in [1.29, 1.82) is 0 Å². The van der Waals surface area contributed by atoms with Gasteiger partial charge in [0.25, 0.3) is 0 Å². The van der Waals surface area contributed by atoms with Crippen LogP contribution in [0.5, 0.6) is 5.75 Å². The maximum Gasteiger partial charge on any atom is 0.228 e. The number of amides is 1. The molecule has 4 heteroatoms. The number of aliphatic hydroxyl groups is 1. The third-order valence-electron chi connectivity index (χ3n) is 3.43. The fourth-order valence-corrected chi connectivity index (χ4v) is 2.17. The van der Waals surface area contributed by atoms with Gasteiger partial charge in [-0.2, -0.15) is 0 Å². The van der Waals surface area contributed by atoms with E-state index in [2.05, 4.69) is 5.32 Å². The van der Waals surface area contributed by atoms with Gasteiger partial charge in [0.05, 0.1) is 13.7 Å². The van der Waals surface area contributed by atoms with Crippen molar-refractivity contribution in [2.75, 3.05) is 12.4 Å². The molecular weight excluding hydrogens is 290 g/mol. The summed E-state index contributed by atoms with van der Waals surface area (Å²) in [6.07, 6.45) is 4.04. The molecule has 2 rings (SSSR count). The molecule has 23 heavy (non-hydrogen) atoms. The van der Waals surface area contributed by atoms with Gasteiger partial charge in [0.1, 0.15) is 5.75 Å². The van der Waals surface area contributed by atoms with E-state index in [1.54, 1.807) is 25.3 Å². The lowest BCUT2D eigenvalue weighted by Crippen LogP contribution is -2.10. The molecule has 1 amide bonds. The van der Waals surface area contributed by atoms with Gasteiger partial charge in [-0.25, -0.2) is 0 Å². The van der Waals surface area contributed by atoms with Crippen molar-refractivity contribution >= 4 is 17.7 Å². The van der Waals surface area contributed by atoms with Crippen molar-refractivity contribution in [3.05, 3.63) is 65.2 Å². The van der Waals surface area contributed by atoms with Crippen LogP contribution < -0.4 is 10.1 Å². The minimum Gasteiger partial charge on any atom is -0.496 e. The lowest BCUT2D eigenvalue weighted by molar-refractivity contribution is -0.115. The van der Waals surface area contributed by atoms with E-state index in [0.29, 0.717) is 17.0 Å². The van der Waals surface area contributed by atoms with Crippen molar-refractivity contribution in [2.24, 2.45) is 0 Å². The van der Waals surface area contributed by atoms with Crippen LogP contribution in [-0.2, 0) is 11.4 Å². The van der Waals surface area contributed by atoms with E-state index in [4.69, 9.17) is 4.74 Å². The number of anilines is 1. The number of hydrogen-bond donors (Lipinski definition) is 2. The van der Waals surface area contributed by atoms with Crippen molar-refractivity contribution in [3.63, 3.8) is 0 Å². The Balaban J connectivity index is 1.93. The van der Waals surface area contributed by atoms with Gasteiger partial charge >= 0.3 is 0 Å². The van der Waals surface area contributed by atoms with E-state index >= 15 is 0 Å². The third kappa shape index (κ3) is 4.97. The fraction of sp³-hybridized carbons (Fsp3) is 0.211. The van der Waals surface area contributed by atoms with Crippen LogP contribution in [0.2, 0.25) is 0 Å². The van der Waals surface area contributed by atoms with E-state index in [-0.39, 0.29) is 18.9 Å². The standard InChI is InChI=1S/C19H21NO3/c1-14-6-8-15(9-7-14)4-3-5-19(22)20-17-10-11-18(23-2)16(12-17)13-21/h3-4,6-12,21H,5,13H2,1-2H3,(H,20,22)/b4-3+. The lowest BCUT2D eigenvalue weighted by atomic mass is 10.1. The molecule has 4 nitrogen and oxygen atoms in total. The molecule has 0 fully saturated rings. The average molecular weight is 311 g/mol. The molecule has 0 heterocycles. The highest BCUT2D eigenvalue weighted by molar-refractivity contribution is 5.92. The van der Waals surface area contributed by atoms with Crippen molar-refractivity contribution in [3.8, 4) is 5.75 Å². The number of nitrogens with one attached hydrogen (secondary N) is 1. The number of carbonyl (C=O) groups excluding carboxylic acids is 1. The number of aryl methyl sites for hydroxylation is 1. The van der Waals surface area contributed by atoms with Gasteiger partial charge < -0.3 is 15.2 Å². The molecule has 2 N–H and O–H groups in total. The average Bonchev–Trinajstić information content (AvgIpc) is 2.56. The number of hydrogen-bond acceptors (Lipinski definition) is 3.